The van der Waals surface area contributed by atoms with Crippen LogP contribution in [0, 0.1) is 0 Å². The van der Waals surface area contributed by atoms with E-state index in [-0.39, 0.29) is 17.1 Å². The summed E-state index contributed by atoms with van der Waals surface area (Å²) in [5.74, 6) is 0. The fraction of sp³-hybridized carbons (Fsp3) is 0.889. The Hall–Kier alpha value is -0.410. The summed E-state index contributed by atoms with van der Waals surface area (Å²) in [5, 5.41) is 11.2. The number of hydrogen-bond acceptors (Lipinski definition) is 3. The zero-order valence-corrected chi connectivity index (χ0v) is 8.33. The molecule has 0 aliphatic carbocycles. The molecule has 0 radical (unpaired) electrons. The van der Waals surface area contributed by atoms with E-state index in [1.807, 2.05) is 27.7 Å². The Bertz CT molecular complexity index is 199. The lowest BCUT2D eigenvalue weighted by atomic mass is 9.95. The predicted molar refractivity (Wildman–Crippen MR) is 49.7 cm³/mol. The Morgan fingerprint density at radius 2 is 1.92 bits per heavy atom. The molecule has 3 heteroatoms. The van der Waals surface area contributed by atoms with Crippen LogP contribution >= 0.6 is 0 Å². The van der Waals surface area contributed by atoms with Crippen molar-refractivity contribution in [2.75, 3.05) is 0 Å². The number of hydrogen-bond donors (Lipinski definition) is 1. The fourth-order valence-electron chi connectivity index (χ4n) is 2.02. The van der Waals surface area contributed by atoms with Crippen molar-refractivity contribution in [3.63, 3.8) is 0 Å². The Morgan fingerprint density at radius 3 is 2.08 bits per heavy atom. The lowest BCUT2D eigenvalue weighted by Crippen LogP contribution is -2.48. The molecule has 3 nitrogen and oxygen atoms in total. The van der Waals surface area contributed by atoms with Gasteiger partial charge in [-0.3, -0.25) is 4.99 Å². The van der Waals surface area contributed by atoms with E-state index < -0.39 is 0 Å². The van der Waals surface area contributed by atoms with Crippen LogP contribution < -0.4 is 0 Å². The third kappa shape index (κ3) is 1.17. The van der Waals surface area contributed by atoms with Gasteiger partial charge in [0.15, 0.2) is 0 Å². The van der Waals surface area contributed by atoms with Crippen LogP contribution in [0.3, 0.4) is 0 Å². The Labute approximate surface area is 74.1 Å². The van der Waals surface area contributed by atoms with E-state index in [0.717, 1.165) is 6.42 Å². The van der Waals surface area contributed by atoms with Gasteiger partial charge < -0.3 is 5.21 Å². The van der Waals surface area contributed by atoms with Gasteiger partial charge in [0, 0.05) is 5.54 Å². The van der Waals surface area contributed by atoms with Crippen LogP contribution in [0.4, 0.5) is 0 Å². The summed E-state index contributed by atoms with van der Waals surface area (Å²) in [4.78, 5) is 4.03. The molecule has 0 aromatic heterocycles. The number of rotatable bonds is 1. The van der Waals surface area contributed by atoms with Gasteiger partial charge in [-0.1, -0.05) is 0 Å². The van der Waals surface area contributed by atoms with Gasteiger partial charge in [-0.25, -0.2) is 0 Å². The molecule has 1 aliphatic rings. The van der Waals surface area contributed by atoms with Crippen molar-refractivity contribution in [1.29, 1.82) is 0 Å². The van der Waals surface area contributed by atoms with Crippen molar-refractivity contribution in [2.24, 2.45) is 4.99 Å². The topological polar surface area (TPSA) is 35.8 Å². The van der Waals surface area contributed by atoms with Crippen LogP contribution in [-0.2, 0) is 0 Å². The third-order valence-electron chi connectivity index (χ3n) is 2.85. The summed E-state index contributed by atoms with van der Waals surface area (Å²) in [6, 6.07) is 0.123. The largest absolute Gasteiger partial charge is 0.313 e. The van der Waals surface area contributed by atoms with Gasteiger partial charge in [-0.2, -0.15) is 5.06 Å². The van der Waals surface area contributed by atoms with E-state index in [4.69, 9.17) is 0 Å². The smallest absolute Gasteiger partial charge is 0.0712 e. The van der Waals surface area contributed by atoms with Gasteiger partial charge >= 0.3 is 0 Å². The lowest BCUT2D eigenvalue weighted by Gasteiger charge is -2.34. The first-order valence-corrected chi connectivity index (χ1v) is 4.27. The number of nitrogens with zero attached hydrogens (tertiary/aromatic N) is 2. The molecule has 1 heterocycles. The quantitative estimate of drug-likeness (QED) is 0.608. The predicted octanol–water partition coefficient (Wildman–Crippen LogP) is 1.71. The molecule has 0 spiro atoms. The normalized spacial score (nSPS) is 33.6. The second-order valence-corrected chi connectivity index (χ2v) is 4.68. The Balaban J connectivity index is 2.95. The summed E-state index contributed by atoms with van der Waals surface area (Å²) in [7, 11) is 0. The van der Waals surface area contributed by atoms with Crippen LogP contribution in [0.5, 0.6) is 0 Å². The summed E-state index contributed by atoms with van der Waals surface area (Å²) >= 11 is 0. The second-order valence-electron chi connectivity index (χ2n) is 4.68. The second kappa shape index (κ2) is 2.54. The molecule has 1 unspecified atom stereocenters. The maximum atomic E-state index is 9.83. The molecule has 1 fully saturated rings. The average molecular weight is 170 g/mol. The van der Waals surface area contributed by atoms with E-state index in [1.54, 1.807) is 0 Å². The van der Waals surface area contributed by atoms with Gasteiger partial charge in [0.25, 0.3) is 0 Å². The molecule has 70 valence electrons. The number of hydroxylamine groups is 2. The van der Waals surface area contributed by atoms with Gasteiger partial charge in [-0.15, -0.1) is 0 Å². The first-order valence-electron chi connectivity index (χ1n) is 4.27. The van der Waals surface area contributed by atoms with Crippen LogP contribution in [0.15, 0.2) is 4.99 Å². The molecule has 1 atom stereocenters. The van der Waals surface area contributed by atoms with Crippen LogP contribution in [0.1, 0.15) is 34.1 Å². The summed E-state index contributed by atoms with van der Waals surface area (Å²) < 4.78 is 0. The molecule has 1 aliphatic heterocycles. The first kappa shape index (κ1) is 9.68. The van der Waals surface area contributed by atoms with Crippen molar-refractivity contribution in [3.05, 3.63) is 0 Å². The van der Waals surface area contributed by atoms with Crippen LogP contribution in [0.25, 0.3) is 0 Å². The monoisotopic (exact) mass is 170 g/mol. The van der Waals surface area contributed by atoms with Gasteiger partial charge in [-0.05, 0) is 40.8 Å². The highest BCUT2D eigenvalue weighted by Crippen LogP contribution is 2.40. The van der Waals surface area contributed by atoms with Crippen molar-refractivity contribution >= 4 is 6.72 Å². The zero-order chi connectivity index (χ0) is 9.57. The van der Waals surface area contributed by atoms with E-state index >= 15 is 0 Å². The van der Waals surface area contributed by atoms with Gasteiger partial charge in [0.2, 0.25) is 0 Å². The SMILES string of the molecule is C=NC1CC(C)(C)N(O)C1(C)C. The highest BCUT2D eigenvalue weighted by molar-refractivity contribution is 5.26. The fourth-order valence-corrected chi connectivity index (χ4v) is 2.02. The Morgan fingerprint density at radius 1 is 1.42 bits per heavy atom. The highest BCUT2D eigenvalue weighted by atomic mass is 16.5. The standard InChI is InChI=1S/C9H18N2O/c1-8(2)6-7(10-5)9(3,4)11(8)12/h7,12H,5-6H2,1-4H3. The maximum Gasteiger partial charge on any atom is 0.0712 e. The van der Waals surface area contributed by atoms with Crippen molar-refractivity contribution in [1.82, 2.24) is 5.06 Å². The molecule has 1 rings (SSSR count). The molecular weight excluding hydrogens is 152 g/mol. The van der Waals surface area contributed by atoms with Gasteiger partial charge in [0.05, 0.1) is 11.6 Å². The maximum absolute atomic E-state index is 9.83. The van der Waals surface area contributed by atoms with E-state index in [0.29, 0.717) is 0 Å². The average Bonchev–Trinajstić information content (AvgIpc) is 2.11. The number of aliphatic imine (C=N–C) groups is 1. The summed E-state index contributed by atoms with van der Waals surface area (Å²) in [5.41, 5.74) is -0.472. The lowest BCUT2D eigenvalue weighted by molar-refractivity contribution is -0.193. The van der Waals surface area contributed by atoms with Crippen LogP contribution in [-0.4, -0.2) is 34.1 Å². The van der Waals surface area contributed by atoms with Crippen molar-refractivity contribution < 1.29 is 5.21 Å². The minimum Gasteiger partial charge on any atom is -0.313 e. The first-order chi connectivity index (χ1) is 5.32. The molecule has 0 aromatic carbocycles. The molecule has 1 N–H and O–H groups in total. The molecule has 0 amide bonds. The molecule has 0 bridgehead atoms. The minimum absolute atomic E-state index is 0.123. The highest BCUT2D eigenvalue weighted by Gasteiger charge is 2.50. The minimum atomic E-state index is -0.286. The van der Waals surface area contributed by atoms with E-state index in [1.165, 1.54) is 5.06 Å². The zero-order valence-electron chi connectivity index (χ0n) is 8.33. The molecule has 12 heavy (non-hydrogen) atoms. The third-order valence-corrected chi connectivity index (χ3v) is 2.85. The molecule has 0 aromatic rings. The van der Waals surface area contributed by atoms with E-state index in [2.05, 4.69) is 11.7 Å². The molecule has 0 saturated carbocycles. The molecular formula is C9H18N2O. The molecule has 1 saturated heterocycles. The van der Waals surface area contributed by atoms with Crippen LogP contribution in [0.2, 0.25) is 0 Å². The Kier molecular flexibility index (Phi) is 2.05. The van der Waals surface area contributed by atoms with Crippen molar-refractivity contribution in [2.45, 2.75) is 51.2 Å². The van der Waals surface area contributed by atoms with Gasteiger partial charge in [0.1, 0.15) is 0 Å². The van der Waals surface area contributed by atoms with E-state index in [9.17, 15) is 5.21 Å². The summed E-state index contributed by atoms with van der Waals surface area (Å²) in [6.45, 7) is 11.6. The van der Waals surface area contributed by atoms with Crippen molar-refractivity contribution in [3.8, 4) is 0 Å². The summed E-state index contributed by atoms with van der Waals surface area (Å²) in [6.07, 6.45) is 0.861.